The Morgan fingerprint density at radius 2 is 2.10 bits per heavy atom. The van der Waals surface area contributed by atoms with Crippen molar-refractivity contribution in [1.82, 2.24) is 14.8 Å². The third kappa shape index (κ3) is 3.64. The van der Waals surface area contributed by atoms with E-state index in [0.29, 0.717) is 30.5 Å². The van der Waals surface area contributed by atoms with E-state index in [-0.39, 0.29) is 37.2 Å². The van der Waals surface area contributed by atoms with E-state index >= 15 is 0 Å². The number of hydrogen-bond donors (Lipinski definition) is 1. The fraction of sp³-hybridized carbons (Fsp3) is 0.500. The van der Waals surface area contributed by atoms with E-state index in [1.54, 1.807) is 23.2 Å². The van der Waals surface area contributed by atoms with Crippen molar-refractivity contribution >= 4 is 29.9 Å². The number of aromatic nitrogens is 1. The van der Waals surface area contributed by atoms with Crippen LogP contribution in [0.5, 0.6) is 0 Å². The summed E-state index contributed by atoms with van der Waals surface area (Å²) in [6.45, 7) is 1.48. The molecule has 0 radical (unpaired) electrons. The molecule has 1 aromatic heterocycles. The molecule has 2 aliphatic rings. The summed E-state index contributed by atoms with van der Waals surface area (Å²) >= 11 is 0. The highest BCUT2D eigenvalue weighted by Crippen LogP contribution is 2.28. The normalized spacial score (nSPS) is 18.4. The van der Waals surface area contributed by atoms with Gasteiger partial charge in [0.15, 0.2) is 0 Å². The van der Waals surface area contributed by atoms with Crippen LogP contribution < -0.4 is 5.73 Å². The summed E-state index contributed by atoms with van der Waals surface area (Å²) in [5, 5.41) is 0. The van der Waals surface area contributed by atoms with Crippen LogP contribution in [-0.2, 0) is 16.0 Å². The predicted octanol–water partition coefficient (Wildman–Crippen LogP) is 0.461. The van der Waals surface area contributed by atoms with Crippen LogP contribution in [-0.4, -0.2) is 52.3 Å². The minimum Gasteiger partial charge on any atom is -0.397 e. The number of pyridine rings is 1. The van der Waals surface area contributed by atoms with Crippen molar-refractivity contribution in [1.29, 1.82) is 0 Å². The summed E-state index contributed by atoms with van der Waals surface area (Å²) in [7, 11) is 0. The molecule has 6 nitrogen and oxygen atoms in total. The van der Waals surface area contributed by atoms with Gasteiger partial charge < -0.3 is 15.5 Å². The highest BCUT2D eigenvalue weighted by molar-refractivity contribution is 5.87. The molecule has 1 aromatic rings. The van der Waals surface area contributed by atoms with Crippen molar-refractivity contribution in [3.63, 3.8) is 0 Å². The Morgan fingerprint density at radius 3 is 2.67 bits per heavy atom. The Bertz CT molecular complexity index is 530. The zero-order valence-corrected chi connectivity index (χ0v) is 12.5. The van der Waals surface area contributed by atoms with Crippen LogP contribution in [0.25, 0.3) is 0 Å². The summed E-state index contributed by atoms with van der Waals surface area (Å²) in [5.41, 5.74) is 6.82. The second-order valence-electron chi connectivity index (χ2n) is 5.39. The number of piperazine rings is 1. The number of hydrogen-bond acceptors (Lipinski definition) is 4. The predicted molar refractivity (Wildman–Crippen MR) is 80.9 cm³/mol. The average Bonchev–Trinajstić information content (AvgIpc) is 3.25. The van der Waals surface area contributed by atoms with Gasteiger partial charge in [-0.2, -0.15) is 0 Å². The largest absolute Gasteiger partial charge is 0.397 e. The molecule has 1 aliphatic carbocycles. The molecule has 21 heavy (non-hydrogen) atoms. The number of rotatable bonds is 3. The first kappa shape index (κ1) is 15.6. The second kappa shape index (κ2) is 6.30. The number of amides is 2. The molecular weight excluding hydrogens is 292 g/mol. The van der Waals surface area contributed by atoms with Gasteiger partial charge in [0.2, 0.25) is 11.8 Å². The van der Waals surface area contributed by atoms with Crippen LogP contribution in [0.2, 0.25) is 0 Å². The number of carbonyl (C=O) groups excluding carboxylic acids is 2. The second-order valence-corrected chi connectivity index (χ2v) is 5.39. The van der Waals surface area contributed by atoms with E-state index in [2.05, 4.69) is 4.98 Å². The van der Waals surface area contributed by atoms with E-state index in [4.69, 9.17) is 5.73 Å². The number of nitrogen functional groups attached to an aromatic ring is 1. The molecule has 0 spiro atoms. The number of halogens is 1. The number of carbonyl (C=O) groups is 2. The molecule has 0 bridgehead atoms. The van der Waals surface area contributed by atoms with Gasteiger partial charge in [0.25, 0.3) is 0 Å². The fourth-order valence-electron chi connectivity index (χ4n) is 2.48. The van der Waals surface area contributed by atoms with Crippen LogP contribution in [0.4, 0.5) is 5.69 Å². The maximum Gasteiger partial charge on any atom is 0.242 e. The third-order valence-corrected chi connectivity index (χ3v) is 3.78. The Hall–Kier alpha value is -1.82. The van der Waals surface area contributed by atoms with Crippen LogP contribution >= 0.6 is 12.4 Å². The van der Waals surface area contributed by atoms with Crippen LogP contribution in [0, 0.1) is 0 Å². The van der Waals surface area contributed by atoms with Crippen molar-refractivity contribution < 1.29 is 9.59 Å². The molecule has 1 saturated heterocycles. The summed E-state index contributed by atoms with van der Waals surface area (Å²) in [5.74, 6) is 0.0171. The molecule has 2 N–H and O–H groups in total. The molecule has 1 saturated carbocycles. The van der Waals surface area contributed by atoms with Crippen molar-refractivity contribution in [2.75, 3.05) is 25.4 Å². The van der Waals surface area contributed by atoms with Gasteiger partial charge in [0.05, 0.1) is 24.8 Å². The number of nitrogens with zero attached hydrogens (tertiary/aromatic N) is 3. The molecule has 2 heterocycles. The minimum absolute atomic E-state index is 0. The molecule has 7 heteroatoms. The number of anilines is 1. The highest BCUT2D eigenvalue weighted by atomic mass is 35.5. The molecule has 3 rings (SSSR count). The van der Waals surface area contributed by atoms with Gasteiger partial charge in [-0.3, -0.25) is 14.6 Å². The topological polar surface area (TPSA) is 79.5 Å². The van der Waals surface area contributed by atoms with E-state index < -0.39 is 0 Å². The number of nitrogens with two attached hydrogens (primary N) is 1. The molecule has 114 valence electrons. The lowest BCUT2D eigenvalue weighted by molar-refractivity contribution is -0.145. The molecule has 0 unspecified atom stereocenters. The average molecular weight is 311 g/mol. The summed E-state index contributed by atoms with van der Waals surface area (Å²) < 4.78 is 0. The minimum atomic E-state index is -0.0499. The Morgan fingerprint density at radius 1 is 1.33 bits per heavy atom. The standard InChI is InChI=1S/C14H18N4O2.ClH/c15-10-1-2-11(16-8-10)7-13(19)17-5-6-18(12-3-4-12)14(20)9-17;/h1-2,8,12H,3-7,9,15H2;1H. The van der Waals surface area contributed by atoms with Gasteiger partial charge in [-0.25, -0.2) is 0 Å². The summed E-state index contributed by atoms with van der Waals surface area (Å²) in [6, 6.07) is 3.90. The zero-order valence-electron chi connectivity index (χ0n) is 11.7. The Labute approximate surface area is 129 Å². The molecule has 2 fully saturated rings. The maximum atomic E-state index is 12.2. The first-order chi connectivity index (χ1) is 9.63. The van der Waals surface area contributed by atoms with Gasteiger partial charge in [-0.15, -0.1) is 12.4 Å². The third-order valence-electron chi connectivity index (χ3n) is 3.78. The SMILES string of the molecule is Cl.Nc1ccc(CC(=O)N2CCN(C3CC3)C(=O)C2)nc1. The highest BCUT2D eigenvalue weighted by Gasteiger charge is 2.36. The molecule has 2 amide bonds. The van der Waals surface area contributed by atoms with Crippen molar-refractivity contribution in [3.05, 3.63) is 24.0 Å². The molecule has 0 aromatic carbocycles. The van der Waals surface area contributed by atoms with Gasteiger partial charge in [0, 0.05) is 24.8 Å². The summed E-state index contributed by atoms with van der Waals surface area (Å²) in [6.07, 6.45) is 3.97. The smallest absolute Gasteiger partial charge is 0.242 e. The van der Waals surface area contributed by atoms with E-state index in [0.717, 1.165) is 12.8 Å². The maximum absolute atomic E-state index is 12.2. The van der Waals surface area contributed by atoms with Gasteiger partial charge in [0.1, 0.15) is 0 Å². The van der Waals surface area contributed by atoms with Crippen molar-refractivity contribution in [2.45, 2.75) is 25.3 Å². The Balaban J connectivity index is 0.00000161. The molecule has 1 aliphatic heterocycles. The van der Waals surface area contributed by atoms with Gasteiger partial charge in [-0.1, -0.05) is 0 Å². The fourth-order valence-corrected chi connectivity index (χ4v) is 2.48. The van der Waals surface area contributed by atoms with Gasteiger partial charge in [-0.05, 0) is 25.0 Å². The van der Waals surface area contributed by atoms with Crippen LogP contribution in [0.15, 0.2) is 18.3 Å². The van der Waals surface area contributed by atoms with Crippen molar-refractivity contribution in [3.8, 4) is 0 Å². The Kier molecular flexibility index (Phi) is 4.67. The quantitative estimate of drug-likeness (QED) is 0.879. The first-order valence-corrected chi connectivity index (χ1v) is 6.91. The van der Waals surface area contributed by atoms with E-state index in [1.807, 2.05) is 4.90 Å². The zero-order chi connectivity index (χ0) is 14.1. The van der Waals surface area contributed by atoms with Crippen LogP contribution in [0.1, 0.15) is 18.5 Å². The lowest BCUT2D eigenvalue weighted by Gasteiger charge is -2.34. The van der Waals surface area contributed by atoms with E-state index in [1.165, 1.54) is 0 Å². The molecular formula is C14H19ClN4O2. The monoisotopic (exact) mass is 310 g/mol. The van der Waals surface area contributed by atoms with Gasteiger partial charge >= 0.3 is 0 Å². The molecule has 0 atom stereocenters. The summed E-state index contributed by atoms with van der Waals surface area (Å²) in [4.78, 5) is 31.8. The lowest BCUT2D eigenvalue weighted by atomic mass is 10.2. The first-order valence-electron chi connectivity index (χ1n) is 6.91. The van der Waals surface area contributed by atoms with E-state index in [9.17, 15) is 9.59 Å². The van der Waals surface area contributed by atoms with Crippen LogP contribution in [0.3, 0.4) is 0 Å². The van der Waals surface area contributed by atoms with Crippen molar-refractivity contribution in [2.24, 2.45) is 0 Å². The lowest BCUT2D eigenvalue weighted by Crippen LogP contribution is -2.53.